The van der Waals surface area contributed by atoms with Gasteiger partial charge in [0.05, 0.1) is 25.4 Å². The second kappa shape index (κ2) is 64.1. The van der Waals surface area contributed by atoms with Crippen molar-refractivity contribution in [2.75, 3.05) is 13.2 Å². The minimum absolute atomic E-state index is 0.0148. The number of carbonyl (C=O) groups is 2. The van der Waals surface area contributed by atoms with E-state index in [4.69, 9.17) is 4.74 Å². The zero-order valence-electron chi connectivity index (χ0n) is 50.4. The lowest BCUT2D eigenvalue weighted by molar-refractivity contribution is -0.143. The Morgan fingerprint density at radius 1 is 0.365 bits per heavy atom. The summed E-state index contributed by atoms with van der Waals surface area (Å²) in [6.45, 7) is 4.98. The fourth-order valence-electron chi connectivity index (χ4n) is 10.9. The third-order valence-electron chi connectivity index (χ3n) is 16.1. The van der Waals surface area contributed by atoms with Crippen molar-refractivity contribution in [1.82, 2.24) is 5.32 Å². The van der Waals surface area contributed by atoms with Crippen LogP contribution in [-0.2, 0) is 14.3 Å². The summed E-state index contributed by atoms with van der Waals surface area (Å²) in [6, 6.07) is -0.538. The van der Waals surface area contributed by atoms with Crippen LogP contribution >= 0.6 is 0 Å². The number of esters is 1. The topological polar surface area (TPSA) is 95.9 Å². The van der Waals surface area contributed by atoms with Crippen LogP contribution in [-0.4, -0.2) is 47.4 Å². The molecule has 74 heavy (non-hydrogen) atoms. The fourth-order valence-corrected chi connectivity index (χ4v) is 10.9. The van der Waals surface area contributed by atoms with Crippen molar-refractivity contribution in [1.29, 1.82) is 0 Å². The Bertz CT molecular complexity index is 1110. The van der Waals surface area contributed by atoms with Crippen LogP contribution in [0.1, 0.15) is 386 Å². The smallest absolute Gasteiger partial charge is 0.305 e. The molecule has 0 saturated heterocycles. The maximum absolute atomic E-state index is 12.5. The first-order chi connectivity index (χ1) is 36.5. The average molecular weight is 1040 g/mol. The van der Waals surface area contributed by atoms with Gasteiger partial charge in [0.25, 0.3) is 0 Å². The number of amides is 1. The summed E-state index contributed by atoms with van der Waals surface area (Å²) in [5.41, 5.74) is 0. The molecule has 0 spiro atoms. The third kappa shape index (κ3) is 59.8. The van der Waals surface area contributed by atoms with Gasteiger partial charge < -0.3 is 20.3 Å². The molecule has 0 aromatic heterocycles. The van der Waals surface area contributed by atoms with Gasteiger partial charge in [-0.05, 0) is 51.4 Å². The van der Waals surface area contributed by atoms with E-state index in [9.17, 15) is 19.8 Å². The summed E-state index contributed by atoms with van der Waals surface area (Å²) in [6.07, 6.45) is 78.2. The highest BCUT2D eigenvalue weighted by atomic mass is 16.5. The van der Waals surface area contributed by atoms with E-state index in [1.807, 2.05) is 0 Å². The summed E-state index contributed by atoms with van der Waals surface area (Å²) < 4.78 is 5.50. The molecule has 440 valence electrons. The van der Waals surface area contributed by atoms with E-state index in [2.05, 4.69) is 31.3 Å². The van der Waals surface area contributed by atoms with Crippen LogP contribution in [0.25, 0.3) is 0 Å². The number of aliphatic hydroxyl groups excluding tert-OH is 2. The number of hydrogen-bond donors (Lipinski definition) is 3. The first-order valence-electron chi connectivity index (χ1n) is 33.9. The van der Waals surface area contributed by atoms with E-state index in [0.717, 1.165) is 44.9 Å². The van der Waals surface area contributed by atoms with Gasteiger partial charge in [0.15, 0.2) is 0 Å². The van der Waals surface area contributed by atoms with Crippen molar-refractivity contribution >= 4 is 11.9 Å². The molecule has 2 unspecified atom stereocenters. The molecule has 1 amide bonds. The van der Waals surface area contributed by atoms with Crippen LogP contribution in [0.4, 0.5) is 0 Å². The van der Waals surface area contributed by atoms with Crippen LogP contribution < -0.4 is 5.32 Å². The molecule has 6 nitrogen and oxygen atoms in total. The minimum Gasteiger partial charge on any atom is -0.466 e. The third-order valence-corrected chi connectivity index (χ3v) is 16.1. The number of carbonyl (C=O) groups excluding carboxylic acids is 2. The van der Waals surface area contributed by atoms with Gasteiger partial charge in [0.2, 0.25) is 5.91 Å². The maximum Gasteiger partial charge on any atom is 0.305 e. The SMILES string of the molecule is CCCCCCCC/C=C\CCCCCCCCCC(=O)OCCCCCCCCCCCCCCCCCCCCCCCCCCCCC(=O)NC(CO)C(O)CCCCCCCCCCCCCCCC. The van der Waals surface area contributed by atoms with Crippen molar-refractivity contribution in [3.05, 3.63) is 12.2 Å². The molecule has 0 aliphatic heterocycles. The normalized spacial score (nSPS) is 12.5. The molecule has 0 rings (SSSR count). The Morgan fingerprint density at radius 2 is 0.635 bits per heavy atom. The molecule has 0 aromatic carbocycles. The predicted octanol–water partition coefficient (Wildman–Crippen LogP) is 21.6. The molecule has 6 heteroatoms. The summed E-state index contributed by atoms with van der Waals surface area (Å²) >= 11 is 0. The van der Waals surface area contributed by atoms with Crippen molar-refractivity contribution in [2.24, 2.45) is 0 Å². The Morgan fingerprint density at radius 3 is 0.959 bits per heavy atom. The second-order valence-electron chi connectivity index (χ2n) is 23.5. The van der Waals surface area contributed by atoms with Crippen LogP contribution in [0.15, 0.2) is 12.2 Å². The summed E-state index contributed by atoms with van der Waals surface area (Å²) in [7, 11) is 0. The summed E-state index contributed by atoms with van der Waals surface area (Å²) in [4.78, 5) is 24.6. The standard InChI is InChI=1S/C68H133NO5/c1-3-5-7-9-11-13-15-17-19-30-34-38-42-46-50-54-58-62-68(73)74-63-59-55-51-47-43-39-35-32-29-27-25-23-21-20-22-24-26-28-31-33-37-41-45-49-53-57-61-67(72)69-65(64-70)66(71)60-56-52-48-44-40-36-18-16-14-12-10-8-6-4-2/h17,19,65-66,70-71H,3-16,18,20-64H2,1-2H3,(H,69,72)/b19-17-. The van der Waals surface area contributed by atoms with Crippen LogP contribution in [0.2, 0.25) is 0 Å². The van der Waals surface area contributed by atoms with E-state index in [0.29, 0.717) is 25.9 Å². The number of nitrogens with one attached hydrogen (secondary N) is 1. The van der Waals surface area contributed by atoms with Gasteiger partial charge in [-0.25, -0.2) is 0 Å². The zero-order valence-corrected chi connectivity index (χ0v) is 50.4. The largest absolute Gasteiger partial charge is 0.466 e. The molecule has 0 heterocycles. The Hall–Kier alpha value is -1.40. The molecule has 0 fully saturated rings. The van der Waals surface area contributed by atoms with E-state index in [1.165, 1.54) is 308 Å². The van der Waals surface area contributed by atoms with Crippen molar-refractivity contribution in [3.8, 4) is 0 Å². The van der Waals surface area contributed by atoms with Gasteiger partial charge in [-0.2, -0.15) is 0 Å². The van der Waals surface area contributed by atoms with Crippen molar-refractivity contribution < 1.29 is 24.5 Å². The Kier molecular flexibility index (Phi) is 62.9. The number of hydrogen-bond acceptors (Lipinski definition) is 5. The highest BCUT2D eigenvalue weighted by Gasteiger charge is 2.20. The fraction of sp³-hybridized carbons (Fsp3) is 0.941. The van der Waals surface area contributed by atoms with Gasteiger partial charge in [0, 0.05) is 12.8 Å². The van der Waals surface area contributed by atoms with Crippen LogP contribution in [0.3, 0.4) is 0 Å². The van der Waals surface area contributed by atoms with Gasteiger partial charge in [-0.15, -0.1) is 0 Å². The predicted molar refractivity (Wildman–Crippen MR) is 324 cm³/mol. The average Bonchev–Trinajstić information content (AvgIpc) is 3.40. The summed E-state index contributed by atoms with van der Waals surface area (Å²) in [5.74, 6) is -0.0152. The van der Waals surface area contributed by atoms with Gasteiger partial charge in [0.1, 0.15) is 0 Å². The van der Waals surface area contributed by atoms with Crippen LogP contribution in [0.5, 0.6) is 0 Å². The quantitative estimate of drug-likeness (QED) is 0.0320. The molecule has 0 radical (unpaired) electrons. The first-order valence-corrected chi connectivity index (χ1v) is 33.9. The minimum atomic E-state index is -0.661. The lowest BCUT2D eigenvalue weighted by Crippen LogP contribution is -2.45. The molecule has 0 aliphatic carbocycles. The number of rotatable bonds is 64. The number of aliphatic hydroxyl groups is 2. The molecule has 0 aromatic rings. The maximum atomic E-state index is 12.5. The van der Waals surface area contributed by atoms with Gasteiger partial charge in [-0.3, -0.25) is 9.59 Å². The number of allylic oxidation sites excluding steroid dienone is 2. The van der Waals surface area contributed by atoms with Gasteiger partial charge in [-0.1, -0.05) is 334 Å². The van der Waals surface area contributed by atoms with E-state index in [1.54, 1.807) is 0 Å². The molecular weight excluding hydrogens is 911 g/mol. The molecular formula is C68H133NO5. The Labute approximate surface area is 463 Å². The van der Waals surface area contributed by atoms with E-state index >= 15 is 0 Å². The highest BCUT2D eigenvalue weighted by Crippen LogP contribution is 2.19. The van der Waals surface area contributed by atoms with Crippen molar-refractivity contribution in [3.63, 3.8) is 0 Å². The lowest BCUT2D eigenvalue weighted by Gasteiger charge is -2.22. The highest BCUT2D eigenvalue weighted by molar-refractivity contribution is 5.76. The Balaban J connectivity index is 3.33. The van der Waals surface area contributed by atoms with Crippen LogP contribution in [0, 0.1) is 0 Å². The number of unbranched alkanes of at least 4 members (excludes halogenated alkanes) is 51. The van der Waals surface area contributed by atoms with E-state index in [-0.39, 0.29) is 18.5 Å². The summed E-state index contributed by atoms with van der Waals surface area (Å²) in [5, 5.41) is 23.3. The molecule has 3 N–H and O–H groups in total. The molecule has 0 saturated carbocycles. The zero-order chi connectivity index (χ0) is 53.6. The number of ether oxygens (including phenoxy) is 1. The first kappa shape index (κ1) is 72.6. The van der Waals surface area contributed by atoms with E-state index < -0.39 is 12.1 Å². The molecule has 0 aliphatic rings. The lowest BCUT2D eigenvalue weighted by atomic mass is 10.0. The van der Waals surface area contributed by atoms with Gasteiger partial charge >= 0.3 is 5.97 Å². The molecule has 0 bridgehead atoms. The molecule has 2 atom stereocenters. The monoisotopic (exact) mass is 1040 g/mol. The van der Waals surface area contributed by atoms with Crippen molar-refractivity contribution in [2.45, 2.75) is 398 Å². The second-order valence-corrected chi connectivity index (χ2v) is 23.5.